The maximum Gasteiger partial charge on any atom is 0.306 e. The van der Waals surface area contributed by atoms with Crippen LogP contribution in [0.15, 0.2) is 72.9 Å². The average molecular weight is 1010 g/mol. The van der Waals surface area contributed by atoms with E-state index in [1.54, 1.807) is 0 Å². The molecule has 6 nitrogen and oxygen atoms in total. The van der Waals surface area contributed by atoms with Crippen LogP contribution in [0.3, 0.4) is 0 Å². The van der Waals surface area contributed by atoms with Crippen LogP contribution in [0.2, 0.25) is 0 Å². The van der Waals surface area contributed by atoms with Crippen molar-refractivity contribution in [1.82, 2.24) is 0 Å². The van der Waals surface area contributed by atoms with Gasteiger partial charge in [-0.25, -0.2) is 0 Å². The summed E-state index contributed by atoms with van der Waals surface area (Å²) in [5, 5.41) is 0. The third-order valence-electron chi connectivity index (χ3n) is 13.4. The molecular formula is C66H116O6. The molecule has 0 aliphatic rings. The molecule has 0 bridgehead atoms. The molecule has 1 atom stereocenters. The Balaban J connectivity index is 4.26. The van der Waals surface area contributed by atoms with Gasteiger partial charge in [-0.05, 0) is 103 Å². The molecule has 72 heavy (non-hydrogen) atoms. The Morgan fingerprint density at radius 2 is 0.569 bits per heavy atom. The second-order valence-corrected chi connectivity index (χ2v) is 20.6. The summed E-state index contributed by atoms with van der Waals surface area (Å²) in [7, 11) is 0. The highest BCUT2D eigenvalue weighted by atomic mass is 16.6. The number of carbonyl (C=O) groups is 3. The van der Waals surface area contributed by atoms with Gasteiger partial charge in [-0.15, -0.1) is 0 Å². The van der Waals surface area contributed by atoms with Crippen LogP contribution in [-0.4, -0.2) is 37.2 Å². The number of hydrogen-bond donors (Lipinski definition) is 0. The van der Waals surface area contributed by atoms with Crippen molar-refractivity contribution in [3.8, 4) is 0 Å². The second-order valence-electron chi connectivity index (χ2n) is 20.6. The fraction of sp³-hybridized carbons (Fsp3) is 0.773. The van der Waals surface area contributed by atoms with Gasteiger partial charge in [0, 0.05) is 19.3 Å². The number of ether oxygens (including phenoxy) is 3. The Hall–Kier alpha value is -3.15. The number of allylic oxidation sites excluding steroid dienone is 12. The van der Waals surface area contributed by atoms with E-state index in [1.807, 2.05) is 0 Å². The van der Waals surface area contributed by atoms with E-state index in [0.717, 1.165) is 103 Å². The number of rotatable bonds is 56. The first-order valence-electron chi connectivity index (χ1n) is 30.9. The standard InChI is InChI=1S/C66H116O6/c1-4-7-10-13-16-19-22-24-26-28-30-32-33-35-36-38-40-42-44-47-50-53-56-59-65(68)71-62-63(61-70-64(67)58-55-52-49-46-21-18-15-12-9-6-3)72-66(69)60-57-54-51-48-45-43-41-39-37-34-31-29-27-25-23-20-17-14-11-8-5-2/h8,11-12,15,17,20,25,27-28,30-31,34,63H,4-7,9-10,13-14,16,18-19,21-24,26,29,32-33,35-62H2,1-3H3/b11-8-,15-12-,20-17-,27-25-,30-28-,34-31-. The minimum Gasteiger partial charge on any atom is -0.462 e. The molecule has 0 heterocycles. The zero-order valence-corrected chi connectivity index (χ0v) is 47.7. The van der Waals surface area contributed by atoms with Gasteiger partial charge >= 0.3 is 17.9 Å². The largest absolute Gasteiger partial charge is 0.462 e. The highest BCUT2D eigenvalue weighted by Crippen LogP contribution is 2.16. The van der Waals surface area contributed by atoms with Gasteiger partial charge in [0.15, 0.2) is 6.10 Å². The highest BCUT2D eigenvalue weighted by Gasteiger charge is 2.19. The fourth-order valence-corrected chi connectivity index (χ4v) is 8.79. The first-order chi connectivity index (χ1) is 35.5. The smallest absolute Gasteiger partial charge is 0.306 e. The first-order valence-corrected chi connectivity index (χ1v) is 30.9. The minimum absolute atomic E-state index is 0.0805. The molecule has 416 valence electrons. The zero-order chi connectivity index (χ0) is 52.2. The molecular weight excluding hydrogens is 889 g/mol. The van der Waals surface area contributed by atoms with E-state index in [0.29, 0.717) is 19.3 Å². The van der Waals surface area contributed by atoms with Crippen LogP contribution in [0.1, 0.15) is 310 Å². The Kier molecular flexibility index (Phi) is 57.8. The lowest BCUT2D eigenvalue weighted by Crippen LogP contribution is -2.30. The molecule has 0 saturated heterocycles. The third-order valence-corrected chi connectivity index (χ3v) is 13.4. The molecule has 0 radical (unpaired) electrons. The van der Waals surface area contributed by atoms with E-state index < -0.39 is 6.10 Å². The predicted molar refractivity (Wildman–Crippen MR) is 311 cm³/mol. The molecule has 0 N–H and O–H groups in total. The summed E-state index contributed by atoms with van der Waals surface area (Å²) in [5.74, 6) is -0.890. The molecule has 0 aliphatic heterocycles. The Bertz CT molecular complexity index is 1340. The lowest BCUT2D eigenvalue weighted by Gasteiger charge is -2.18. The molecule has 0 saturated carbocycles. The second kappa shape index (κ2) is 60.4. The van der Waals surface area contributed by atoms with Crippen molar-refractivity contribution in [1.29, 1.82) is 0 Å². The minimum atomic E-state index is -0.783. The van der Waals surface area contributed by atoms with E-state index in [9.17, 15) is 14.4 Å². The maximum atomic E-state index is 12.9. The molecule has 0 rings (SSSR count). The van der Waals surface area contributed by atoms with Crippen LogP contribution in [0.5, 0.6) is 0 Å². The van der Waals surface area contributed by atoms with Crippen LogP contribution < -0.4 is 0 Å². The summed E-state index contributed by atoms with van der Waals surface area (Å²) < 4.78 is 16.9. The zero-order valence-electron chi connectivity index (χ0n) is 47.7. The summed E-state index contributed by atoms with van der Waals surface area (Å²) in [4.78, 5) is 38.2. The van der Waals surface area contributed by atoms with Crippen LogP contribution in [0.4, 0.5) is 0 Å². The van der Waals surface area contributed by atoms with Crippen molar-refractivity contribution >= 4 is 17.9 Å². The SMILES string of the molecule is CC/C=C\C/C=C\C/C=C\C/C=C\CCCCCCCCCCC(=O)OC(COC(=O)CCCCCCC/C=C\CCC)COC(=O)CCCCCCCCCCCCC/C=C\CCCCCCCCCC. The average Bonchev–Trinajstić information content (AvgIpc) is 3.38. The molecule has 6 heteroatoms. The number of carbonyl (C=O) groups excluding carboxylic acids is 3. The molecule has 0 spiro atoms. The summed E-state index contributed by atoms with van der Waals surface area (Å²) >= 11 is 0. The van der Waals surface area contributed by atoms with Crippen molar-refractivity contribution < 1.29 is 28.6 Å². The first kappa shape index (κ1) is 68.8. The molecule has 0 aliphatic carbocycles. The van der Waals surface area contributed by atoms with Crippen molar-refractivity contribution in [2.24, 2.45) is 0 Å². The lowest BCUT2D eigenvalue weighted by atomic mass is 10.0. The van der Waals surface area contributed by atoms with Gasteiger partial charge in [0.1, 0.15) is 13.2 Å². The molecule has 0 fully saturated rings. The van der Waals surface area contributed by atoms with Crippen molar-refractivity contribution in [3.63, 3.8) is 0 Å². The molecule has 0 amide bonds. The topological polar surface area (TPSA) is 78.9 Å². The number of esters is 3. The van der Waals surface area contributed by atoms with E-state index in [1.165, 1.54) is 167 Å². The normalized spacial score (nSPS) is 12.5. The Morgan fingerprint density at radius 3 is 0.917 bits per heavy atom. The van der Waals surface area contributed by atoms with Gasteiger partial charge in [-0.2, -0.15) is 0 Å². The van der Waals surface area contributed by atoms with Crippen LogP contribution in [0.25, 0.3) is 0 Å². The quantitative estimate of drug-likeness (QED) is 0.0261. The molecule has 0 aromatic rings. The fourth-order valence-electron chi connectivity index (χ4n) is 8.79. The van der Waals surface area contributed by atoms with Crippen LogP contribution in [-0.2, 0) is 28.6 Å². The monoisotopic (exact) mass is 1000 g/mol. The maximum absolute atomic E-state index is 12.9. The molecule has 1 unspecified atom stereocenters. The van der Waals surface area contributed by atoms with E-state index in [-0.39, 0.29) is 31.1 Å². The van der Waals surface area contributed by atoms with Gasteiger partial charge in [0.05, 0.1) is 0 Å². The molecule has 0 aromatic carbocycles. The van der Waals surface area contributed by atoms with Gasteiger partial charge < -0.3 is 14.2 Å². The Morgan fingerprint density at radius 1 is 0.292 bits per heavy atom. The van der Waals surface area contributed by atoms with E-state index >= 15 is 0 Å². The van der Waals surface area contributed by atoms with Crippen LogP contribution >= 0.6 is 0 Å². The number of unbranched alkanes of at least 4 members (excludes halogenated alkanes) is 33. The lowest BCUT2D eigenvalue weighted by molar-refractivity contribution is -0.167. The van der Waals surface area contributed by atoms with Crippen molar-refractivity contribution in [3.05, 3.63) is 72.9 Å². The van der Waals surface area contributed by atoms with E-state index in [4.69, 9.17) is 14.2 Å². The third kappa shape index (κ3) is 57.7. The van der Waals surface area contributed by atoms with Gasteiger partial charge in [-0.3, -0.25) is 14.4 Å². The van der Waals surface area contributed by atoms with Crippen LogP contribution in [0, 0.1) is 0 Å². The molecule has 0 aromatic heterocycles. The summed E-state index contributed by atoms with van der Waals surface area (Å²) in [5.41, 5.74) is 0. The van der Waals surface area contributed by atoms with Crippen molar-refractivity contribution in [2.45, 2.75) is 316 Å². The summed E-state index contributed by atoms with van der Waals surface area (Å²) in [6, 6.07) is 0. The number of hydrogen-bond acceptors (Lipinski definition) is 6. The van der Waals surface area contributed by atoms with Gasteiger partial charge in [0.25, 0.3) is 0 Å². The van der Waals surface area contributed by atoms with E-state index in [2.05, 4.69) is 93.7 Å². The van der Waals surface area contributed by atoms with Crippen molar-refractivity contribution in [2.75, 3.05) is 13.2 Å². The van der Waals surface area contributed by atoms with Gasteiger partial charge in [-0.1, -0.05) is 261 Å². The van der Waals surface area contributed by atoms with Gasteiger partial charge in [0.2, 0.25) is 0 Å². The summed E-state index contributed by atoms with van der Waals surface area (Å²) in [6.45, 7) is 6.48. The highest BCUT2D eigenvalue weighted by molar-refractivity contribution is 5.71. The Labute approximate surface area is 446 Å². The summed E-state index contributed by atoms with van der Waals surface area (Å²) in [6.07, 6.45) is 77.7. The predicted octanol–water partition coefficient (Wildman–Crippen LogP) is 20.9.